The maximum absolute atomic E-state index is 12.9. The predicted octanol–water partition coefficient (Wildman–Crippen LogP) is 1.99. The molecule has 154 valence electrons. The van der Waals surface area contributed by atoms with E-state index >= 15 is 0 Å². The van der Waals surface area contributed by atoms with E-state index in [9.17, 15) is 18.0 Å². The second-order valence-electron chi connectivity index (χ2n) is 8.10. The molecule has 1 aromatic carbocycles. The van der Waals surface area contributed by atoms with Gasteiger partial charge >= 0.3 is 0 Å². The topological polar surface area (TPSA) is 78.0 Å². The molecule has 2 aliphatic heterocycles. The van der Waals surface area contributed by atoms with Crippen LogP contribution in [0.5, 0.6) is 0 Å². The van der Waals surface area contributed by atoms with E-state index < -0.39 is 10.0 Å². The van der Waals surface area contributed by atoms with Gasteiger partial charge in [0, 0.05) is 38.5 Å². The van der Waals surface area contributed by atoms with Crippen molar-refractivity contribution in [2.75, 3.05) is 45.0 Å². The highest BCUT2D eigenvalue weighted by Gasteiger charge is 2.32. The lowest BCUT2D eigenvalue weighted by molar-refractivity contribution is -0.132. The number of rotatable bonds is 4. The van der Waals surface area contributed by atoms with E-state index in [1.165, 1.54) is 16.1 Å². The van der Waals surface area contributed by atoms with Crippen LogP contribution in [0.25, 0.3) is 0 Å². The van der Waals surface area contributed by atoms with Gasteiger partial charge in [-0.2, -0.15) is 4.31 Å². The summed E-state index contributed by atoms with van der Waals surface area (Å²) in [6.45, 7) is 8.13. The van der Waals surface area contributed by atoms with Gasteiger partial charge in [0.05, 0.1) is 4.90 Å². The second-order valence-corrected chi connectivity index (χ2v) is 11.1. The Morgan fingerprint density at radius 2 is 1.64 bits per heavy atom. The number of carbonyl (C=O) groups excluding carboxylic acids is 2. The van der Waals surface area contributed by atoms with Crippen molar-refractivity contribution < 1.29 is 18.0 Å². The third-order valence-corrected chi connectivity index (χ3v) is 7.93. The number of nitrogens with zero attached hydrogens (tertiary/aromatic N) is 3. The van der Waals surface area contributed by atoms with Crippen LogP contribution in [0, 0.1) is 0 Å². The van der Waals surface area contributed by atoms with Crippen molar-refractivity contribution in [1.29, 1.82) is 0 Å². The number of sulfonamides is 1. The van der Waals surface area contributed by atoms with Crippen LogP contribution in [-0.4, -0.2) is 78.7 Å². The van der Waals surface area contributed by atoms with Gasteiger partial charge in [0.1, 0.15) is 6.54 Å². The quantitative estimate of drug-likeness (QED) is 0.737. The zero-order valence-electron chi connectivity index (χ0n) is 16.6. The minimum atomic E-state index is -3.58. The molecule has 0 unspecified atom stereocenters. The van der Waals surface area contributed by atoms with E-state index in [1.54, 1.807) is 21.9 Å². The van der Waals surface area contributed by atoms with Crippen molar-refractivity contribution in [3.8, 4) is 0 Å². The highest BCUT2D eigenvalue weighted by Crippen LogP contribution is 2.25. The van der Waals surface area contributed by atoms with E-state index in [-0.39, 0.29) is 41.1 Å². The van der Waals surface area contributed by atoms with Crippen LogP contribution in [0.2, 0.25) is 0 Å². The zero-order valence-corrected chi connectivity index (χ0v) is 18.2. The van der Waals surface area contributed by atoms with Crippen molar-refractivity contribution in [3.63, 3.8) is 0 Å². The van der Waals surface area contributed by atoms with Gasteiger partial charge in [0.15, 0.2) is 0 Å². The molecule has 3 rings (SSSR count). The van der Waals surface area contributed by atoms with Gasteiger partial charge in [-0.05, 0) is 23.1 Å². The van der Waals surface area contributed by atoms with E-state index in [4.69, 9.17) is 0 Å². The summed E-state index contributed by atoms with van der Waals surface area (Å²) < 4.78 is 27.3. The fraction of sp³-hybridized carbons (Fsp3) is 0.579. The molecule has 0 bridgehead atoms. The number of benzene rings is 1. The summed E-state index contributed by atoms with van der Waals surface area (Å²) in [6, 6.07) is 7.03. The van der Waals surface area contributed by atoms with Crippen LogP contribution >= 0.6 is 11.8 Å². The summed E-state index contributed by atoms with van der Waals surface area (Å²) in [6.07, 6.45) is 0. The fourth-order valence-corrected chi connectivity index (χ4v) is 5.53. The third kappa shape index (κ3) is 4.52. The third-order valence-electron chi connectivity index (χ3n) is 5.12. The van der Waals surface area contributed by atoms with Crippen molar-refractivity contribution in [2.24, 2.45) is 0 Å². The molecule has 0 saturated carbocycles. The molecular weight excluding hydrogens is 398 g/mol. The number of thioether (sulfide) groups is 1. The number of hydrogen-bond donors (Lipinski definition) is 0. The molecule has 0 aromatic heterocycles. The van der Waals surface area contributed by atoms with Gasteiger partial charge in [-0.25, -0.2) is 8.42 Å². The molecule has 2 aliphatic rings. The minimum Gasteiger partial charge on any atom is -0.339 e. The van der Waals surface area contributed by atoms with Crippen LogP contribution in [-0.2, 0) is 20.2 Å². The summed E-state index contributed by atoms with van der Waals surface area (Å²) in [5.74, 6) is 0.592. The van der Waals surface area contributed by atoms with E-state index in [0.717, 1.165) is 5.56 Å². The Kier molecular flexibility index (Phi) is 6.07. The number of amides is 2. The fourth-order valence-electron chi connectivity index (χ4n) is 3.29. The smallest absolute Gasteiger partial charge is 0.282 e. The highest BCUT2D eigenvalue weighted by molar-refractivity contribution is 8.13. The lowest BCUT2D eigenvalue weighted by atomic mass is 9.87. The molecule has 0 N–H and O–H groups in total. The van der Waals surface area contributed by atoms with Gasteiger partial charge in [-0.1, -0.05) is 44.7 Å². The first kappa shape index (κ1) is 21.1. The average Bonchev–Trinajstić information content (AvgIpc) is 3.06. The molecular formula is C19H27N3O4S2. The van der Waals surface area contributed by atoms with Gasteiger partial charge < -0.3 is 9.80 Å². The Labute approximate surface area is 171 Å². The number of hydrogen-bond acceptors (Lipinski definition) is 5. The first-order valence-electron chi connectivity index (χ1n) is 9.39. The Bertz CT molecular complexity index is 839. The summed E-state index contributed by atoms with van der Waals surface area (Å²) >= 11 is 1.23. The second kappa shape index (κ2) is 8.04. The van der Waals surface area contributed by atoms with Crippen molar-refractivity contribution >= 4 is 32.9 Å². The Balaban J connectivity index is 1.60. The molecule has 0 spiro atoms. The minimum absolute atomic E-state index is 0.0382. The SMILES string of the molecule is CC(C)(C)c1ccc(S(=O)(=O)N2CCN(C(=O)CN3CCSC3=O)CC2)cc1. The molecule has 2 saturated heterocycles. The van der Waals surface area contributed by atoms with Crippen molar-refractivity contribution in [1.82, 2.24) is 14.1 Å². The van der Waals surface area contributed by atoms with Crippen LogP contribution in [0.4, 0.5) is 4.79 Å². The van der Waals surface area contributed by atoms with Crippen LogP contribution in [0.1, 0.15) is 26.3 Å². The molecule has 2 heterocycles. The maximum atomic E-state index is 12.9. The molecule has 0 radical (unpaired) electrons. The lowest BCUT2D eigenvalue weighted by Crippen LogP contribution is -2.52. The first-order chi connectivity index (χ1) is 13.1. The highest BCUT2D eigenvalue weighted by atomic mass is 32.2. The van der Waals surface area contributed by atoms with Crippen LogP contribution in [0.15, 0.2) is 29.2 Å². The normalized spacial score (nSPS) is 19.3. The number of piperazine rings is 1. The zero-order chi connectivity index (χ0) is 20.5. The largest absolute Gasteiger partial charge is 0.339 e. The van der Waals surface area contributed by atoms with E-state index in [1.807, 2.05) is 12.1 Å². The van der Waals surface area contributed by atoms with Crippen LogP contribution in [0.3, 0.4) is 0 Å². The Morgan fingerprint density at radius 3 is 2.14 bits per heavy atom. The summed E-state index contributed by atoms with van der Waals surface area (Å²) in [5, 5.41) is -0.0618. The number of carbonyl (C=O) groups is 2. The van der Waals surface area contributed by atoms with Gasteiger partial charge in [0.25, 0.3) is 5.24 Å². The van der Waals surface area contributed by atoms with Crippen molar-refractivity contribution in [3.05, 3.63) is 29.8 Å². The lowest BCUT2D eigenvalue weighted by Gasteiger charge is -2.34. The molecule has 2 amide bonds. The average molecular weight is 426 g/mol. The van der Waals surface area contributed by atoms with E-state index in [2.05, 4.69) is 20.8 Å². The summed E-state index contributed by atoms with van der Waals surface area (Å²) in [4.78, 5) is 27.5. The molecule has 2 fully saturated rings. The maximum Gasteiger partial charge on any atom is 0.282 e. The summed E-state index contributed by atoms with van der Waals surface area (Å²) in [7, 11) is -3.58. The van der Waals surface area contributed by atoms with Gasteiger partial charge in [-0.15, -0.1) is 0 Å². The Hall–Kier alpha value is -1.58. The van der Waals surface area contributed by atoms with Gasteiger partial charge in [0.2, 0.25) is 15.9 Å². The van der Waals surface area contributed by atoms with Crippen molar-refractivity contribution in [2.45, 2.75) is 31.1 Å². The standard InChI is InChI=1S/C19H27N3O4S2/c1-19(2,3)15-4-6-16(7-5-15)28(25,26)22-10-8-20(9-11-22)17(23)14-21-12-13-27-18(21)24/h4-7H,8-14H2,1-3H3. The predicted molar refractivity (Wildman–Crippen MR) is 110 cm³/mol. The monoisotopic (exact) mass is 425 g/mol. The molecule has 28 heavy (non-hydrogen) atoms. The molecule has 1 aromatic rings. The molecule has 7 nitrogen and oxygen atoms in total. The molecule has 0 aliphatic carbocycles. The van der Waals surface area contributed by atoms with E-state index in [0.29, 0.717) is 25.4 Å². The summed E-state index contributed by atoms with van der Waals surface area (Å²) in [5.41, 5.74) is 1.04. The Morgan fingerprint density at radius 1 is 1.04 bits per heavy atom. The van der Waals surface area contributed by atoms with Crippen LogP contribution < -0.4 is 0 Å². The van der Waals surface area contributed by atoms with Gasteiger partial charge in [-0.3, -0.25) is 9.59 Å². The first-order valence-corrected chi connectivity index (χ1v) is 11.8. The molecule has 9 heteroatoms. The molecule has 0 atom stereocenters.